The van der Waals surface area contributed by atoms with Crippen molar-refractivity contribution in [3.63, 3.8) is 0 Å². The van der Waals surface area contributed by atoms with E-state index >= 15 is 0 Å². The number of rotatable bonds is 7. The second-order valence-electron chi connectivity index (χ2n) is 10.8. The fourth-order valence-electron chi connectivity index (χ4n) is 6.02. The standard InChI is InChI=1S/C32H43N3O/c1-7-34-17-15-27(16-18-34)19-22(2)20-29(28-14-9-8-11-23(28)3)30-21-33-32(36)35(26(30)6)31-24(4)12-10-13-25(31)5/h8-14,20,22,27H,7,15-19,21H2,1-6H3,(H,33,36)/b29-20-. The van der Waals surface area contributed by atoms with Gasteiger partial charge in [0.2, 0.25) is 0 Å². The molecule has 1 atom stereocenters. The van der Waals surface area contributed by atoms with Gasteiger partial charge in [-0.3, -0.25) is 4.90 Å². The van der Waals surface area contributed by atoms with Crippen molar-refractivity contribution in [1.82, 2.24) is 10.2 Å². The number of urea groups is 1. The van der Waals surface area contributed by atoms with E-state index in [1.807, 2.05) is 4.90 Å². The van der Waals surface area contributed by atoms with Crippen LogP contribution in [0.4, 0.5) is 10.5 Å². The largest absolute Gasteiger partial charge is 0.333 e. The van der Waals surface area contributed by atoms with Crippen LogP contribution in [-0.2, 0) is 0 Å². The zero-order chi connectivity index (χ0) is 25.8. The Kier molecular flexibility index (Phi) is 8.35. The molecule has 0 aromatic heterocycles. The summed E-state index contributed by atoms with van der Waals surface area (Å²) in [4.78, 5) is 17.6. The van der Waals surface area contributed by atoms with E-state index in [9.17, 15) is 4.79 Å². The van der Waals surface area contributed by atoms with E-state index in [0.717, 1.165) is 35.0 Å². The first-order valence-electron chi connectivity index (χ1n) is 13.6. The summed E-state index contributed by atoms with van der Waals surface area (Å²) in [6, 6.07) is 14.8. The van der Waals surface area contributed by atoms with Gasteiger partial charge >= 0.3 is 6.03 Å². The Labute approximate surface area is 218 Å². The number of carbonyl (C=O) groups is 1. The normalized spacial score (nSPS) is 19.0. The molecular formula is C32H43N3O. The zero-order valence-corrected chi connectivity index (χ0v) is 23.0. The number of nitrogens with zero attached hydrogens (tertiary/aromatic N) is 2. The number of benzene rings is 2. The number of piperidine rings is 1. The minimum atomic E-state index is -0.0477. The maximum absolute atomic E-state index is 13.2. The van der Waals surface area contributed by atoms with Crippen molar-refractivity contribution in [3.8, 4) is 0 Å². The van der Waals surface area contributed by atoms with Gasteiger partial charge in [0.1, 0.15) is 0 Å². The summed E-state index contributed by atoms with van der Waals surface area (Å²) >= 11 is 0. The van der Waals surface area contributed by atoms with Gasteiger partial charge < -0.3 is 10.2 Å². The summed E-state index contributed by atoms with van der Waals surface area (Å²) in [5, 5.41) is 3.18. The van der Waals surface area contributed by atoms with Crippen LogP contribution in [0, 0.1) is 32.6 Å². The minimum absolute atomic E-state index is 0.0477. The quantitative estimate of drug-likeness (QED) is 0.448. The van der Waals surface area contributed by atoms with Crippen LogP contribution in [0.3, 0.4) is 0 Å². The molecule has 1 N–H and O–H groups in total. The molecule has 0 saturated carbocycles. The van der Waals surface area contributed by atoms with Crippen LogP contribution in [0.1, 0.15) is 62.3 Å². The first-order valence-corrected chi connectivity index (χ1v) is 13.6. The molecule has 2 aliphatic rings. The average molecular weight is 486 g/mol. The van der Waals surface area contributed by atoms with Crippen molar-refractivity contribution in [2.24, 2.45) is 11.8 Å². The van der Waals surface area contributed by atoms with E-state index in [1.165, 1.54) is 54.6 Å². The third kappa shape index (κ3) is 5.59. The lowest BCUT2D eigenvalue weighted by Gasteiger charge is -2.35. The molecule has 2 heterocycles. The SMILES string of the molecule is CCN1CCC(CC(C)/C=C(\C2=C(C)N(c3c(C)cccc3C)C(=O)NC2)c2ccccc2C)CC1. The lowest BCUT2D eigenvalue weighted by atomic mass is 9.84. The van der Waals surface area contributed by atoms with Gasteiger partial charge in [0.25, 0.3) is 0 Å². The molecule has 36 heavy (non-hydrogen) atoms. The molecule has 0 spiro atoms. The van der Waals surface area contributed by atoms with Crippen LogP contribution in [0.15, 0.2) is 59.8 Å². The number of likely N-dealkylation sites (tertiary alicyclic amines) is 1. The maximum atomic E-state index is 13.2. The lowest BCUT2D eigenvalue weighted by molar-refractivity contribution is 0.180. The van der Waals surface area contributed by atoms with Crippen molar-refractivity contribution in [2.45, 2.75) is 60.8 Å². The topological polar surface area (TPSA) is 35.6 Å². The van der Waals surface area contributed by atoms with E-state index < -0.39 is 0 Å². The highest BCUT2D eigenvalue weighted by atomic mass is 16.2. The first-order chi connectivity index (χ1) is 17.3. The Morgan fingerprint density at radius 1 is 1.00 bits per heavy atom. The van der Waals surface area contributed by atoms with E-state index in [-0.39, 0.29) is 6.03 Å². The van der Waals surface area contributed by atoms with Crippen LogP contribution >= 0.6 is 0 Å². The summed E-state index contributed by atoms with van der Waals surface area (Å²) in [5.74, 6) is 1.24. The van der Waals surface area contributed by atoms with Crippen LogP contribution in [0.2, 0.25) is 0 Å². The van der Waals surface area contributed by atoms with Gasteiger partial charge in [-0.1, -0.05) is 62.4 Å². The Morgan fingerprint density at radius 2 is 1.64 bits per heavy atom. The minimum Gasteiger partial charge on any atom is -0.333 e. The monoisotopic (exact) mass is 485 g/mol. The van der Waals surface area contributed by atoms with Gasteiger partial charge in [0.15, 0.2) is 0 Å². The molecule has 4 nitrogen and oxygen atoms in total. The Bertz CT molecular complexity index is 1130. The predicted octanol–water partition coefficient (Wildman–Crippen LogP) is 7.26. The molecule has 192 valence electrons. The zero-order valence-electron chi connectivity index (χ0n) is 23.0. The Morgan fingerprint density at radius 3 is 2.28 bits per heavy atom. The van der Waals surface area contributed by atoms with Crippen molar-refractivity contribution < 1.29 is 4.79 Å². The van der Waals surface area contributed by atoms with E-state index in [1.54, 1.807) is 0 Å². The fourth-order valence-corrected chi connectivity index (χ4v) is 6.02. The summed E-state index contributed by atoms with van der Waals surface area (Å²) in [7, 11) is 0. The van der Waals surface area contributed by atoms with E-state index in [0.29, 0.717) is 12.5 Å². The molecule has 2 aliphatic heterocycles. The summed E-state index contributed by atoms with van der Waals surface area (Å²) in [5.41, 5.74) is 9.23. The molecule has 1 saturated heterocycles. The molecule has 2 aromatic carbocycles. The lowest BCUT2D eigenvalue weighted by Crippen LogP contribution is -2.45. The van der Waals surface area contributed by atoms with Gasteiger partial charge in [-0.25, -0.2) is 4.79 Å². The number of hydrogen-bond acceptors (Lipinski definition) is 2. The maximum Gasteiger partial charge on any atom is 0.326 e. The second-order valence-corrected chi connectivity index (χ2v) is 10.8. The number of amides is 2. The second kappa shape index (κ2) is 11.5. The molecule has 2 aromatic rings. The third-order valence-electron chi connectivity index (χ3n) is 8.13. The van der Waals surface area contributed by atoms with E-state index in [2.05, 4.69) is 100 Å². The van der Waals surface area contributed by atoms with Gasteiger partial charge in [0.05, 0.1) is 5.69 Å². The number of allylic oxidation sites excluding steroid dienone is 2. The number of hydrogen-bond donors (Lipinski definition) is 1. The highest BCUT2D eigenvalue weighted by Crippen LogP contribution is 2.37. The van der Waals surface area contributed by atoms with Gasteiger partial charge in [0, 0.05) is 12.2 Å². The molecule has 1 fully saturated rings. The first kappa shape index (κ1) is 26.2. The van der Waals surface area contributed by atoms with Gasteiger partial charge in [-0.05, 0) is 112 Å². The number of nitrogens with one attached hydrogen (secondary N) is 1. The van der Waals surface area contributed by atoms with Crippen molar-refractivity contribution in [1.29, 1.82) is 0 Å². The molecule has 0 bridgehead atoms. The summed E-state index contributed by atoms with van der Waals surface area (Å²) in [6.07, 6.45) is 6.29. The molecule has 2 amide bonds. The smallest absolute Gasteiger partial charge is 0.326 e. The summed E-state index contributed by atoms with van der Waals surface area (Å²) < 4.78 is 0. The van der Waals surface area contributed by atoms with Crippen molar-refractivity contribution in [3.05, 3.63) is 82.1 Å². The van der Waals surface area contributed by atoms with E-state index in [4.69, 9.17) is 0 Å². The molecule has 0 radical (unpaired) electrons. The Balaban J connectivity index is 1.73. The predicted molar refractivity (Wildman–Crippen MR) is 152 cm³/mol. The van der Waals surface area contributed by atoms with Crippen LogP contribution < -0.4 is 10.2 Å². The molecule has 4 rings (SSSR count). The van der Waals surface area contributed by atoms with Crippen molar-refractivity contribution in [2.75, 3.05) is 31.1 Å². The number of carbonyl (C=O) groups excluding carboxylic acids is 1. The number of anilines is 1. The summed E-state index contributed by atoms with van der Waals surface area (Å²) in [6.45, 7) is 17.3. The van der Waals surface area contributed by atoms with Gasteiger partial charge in [-0.2, -0.15) is 0 Å². The highest BCUT2D eigenvalue weighted by Gasteiger charge is 2.30. The highest BCUT2D eigenvalue weighted by molar-refractivity contribution is 6.00. The molecule has 0 aliphatic carbocycles. The average Bonchev–Trinajstić information content (AvgIpc) is 2.85. The number of aryl methyl sites for hydroxylation is 3. The van der Waals surface area contributed by atoms with Crippen LogP contribution in [-0.4, -0.2) is 37.1 Å². The Hall–Kier alpha value is -2.85. The molecular weight excluding hydrogens is 442 g/mol. The van der Waals surface area contributed by atoms with Crippen LogP contribution in [0.25, 0.3) is 5.57 Å². The molecule has 4 heteroatoms. The van der Waals surface area contributed by atoms with Crippen molar-refractivity contribution >= 4 is 17.3 Å². The molecule has 1 unspecified atom stereocenters. The number of para-hydroxylation sites is 1. The third-order valence-corrected chi connectivity index (χ3v) is 8.13. The van der Waals surface area contributed by atoms with Gasteiger partial charge in [-0.15, -0.1) is 0 Å². The van der Waals surface area contributed by atoms with Crippen LogP contribution in [0.5, 0.6) is 0 Å². The fraction of sp³-hybridized carbons (Fsp3) is 0.469.